The lowest BCUT2D eigenvalue weighted by Crippen LogP contribution is -1.89. The van der Waals surface area contributed by atoms with Crippen molar-refractivity contribution in [1.29, 1.82) is 0 Å². The summed E-state index contributed by atoms with van der Waals surface area (Å²) in [6, 6.07) is 1.56. The van der Waals surface area contributed by atoms with E-state index in [0.29, 0.717) is 16.2 Å². The fourth-order valence-electron chi connectivity index (χ4n) is 0.603. The molecule has 0 saturated heterocycles. The summed E-state index contributed by atoms with van der Waals surface area (Å²) in [7, 11) is 0. The Morgan fingerprint density at radius 3 is 2.91 bits per heavy atom. The maximum Gasteiger partial charge on any atom is 0.189 e. The van der Waals surface area contributed by atoms with Crippen molar-refractivity contribution < 1.29 is 9.90 Å². The van der Waals surface area contributed by atoms with Gasteiger partial charge in [-0.1, -0.05) is 11.6 Å². The molecule has 58 valence electrons. The molecule has 1 aromatic rings. The van der Waals surface area contributed by atoms with Gasteiger partial charge >= 0.3 is 0 Å². The lowest BCUT2D eigenvalue weighted by Gasteiger charge is -1.83. The van der Waals surface area contributed by atoms with Gasteiger partial charge in [-0.3, -0.25) is 4.79 Å². The summed E-state index contributed by atoms with van der Waals surface area (Å²) >= 11 is 6.87. The van der Waals surface area contributed by atoms with Gasteiger partial charge in [-0.05, 0) is 6.07 Å². The number of rotatable bonds is 2. The fourth-order valence-corrected chi connectivity index (χ4v) is 1.47. The van der Waals surface area contributed by atoms with Crippen LogP contribution >= 0.6 is 22.9 Å². The van der Waals surface area contributed by atoms with Gasteiger partial charge in [0.05, 0.1) is 10.6 Å². The second-order valence-corrected chi connectivity index (χ2v) is 3.36. The van der Waals surface area contributed by atoms with Gasteiger partial charge in [0.15, 0.2) is 5.78 Å². The molecular weight excluding hydrogens is 184 g/mol. The second kappa shape index (κ2) is 3.55. The summed E-state index contributed by atoms with van der Waals surface area (Å²) in [5.74, 6) is -0.240. The molecule has 0 amide bonds. The molecule has 0 radical (unpaired) electrons. The number of halogens is 1. The maximum absolute atomic E-state index is 11.0. The van der Waals surface area contributed by atoms with Crippen LogP contribution in [0.4, 0.5) is 0 Å². The van der Waals surface area contributed by atoms with E-state index in [0.717, 1.165) is 6.08 Å². The van der Waals surface area contributed by atoms with Gasteiger partial charge in [0.25, 0.3) is 0 Å². The topological polar surface area (TPSA) is 37.3 Å². The lowest BCUT2D eigenvalue weighted by molar-refractivity contribution is 0.104. The quantitative estimate of drug-likeness (QED) is 0.440. The Kier molecular flexibility index (Phi) is 2.68. The van der Waals surface area contributed by atoms with E-state index in [9.17, 15) is 4.79 Å². The minimum atomic E-state index is -0.240. The average molecular weight is 189 g/mol. The number of ketones is 1. The molecule has 0 atom stereocenters. The molecule has 0 aliphatic rings. The van der Waals surface area contributed by atoms with E-state index in [2.05, 4.69) is 0 Å². The summed E-state index contributed by atoms with van der Waals surface area (Å²) in [4.78, 5) is 11.0. The van der Waals surface area contributed by atoms with Crippen molar-refractivity contribution in [2.75, 3.05) is 0 Å². The second-order valence-electron chi connectivity index (χ2n) is 1.82. The molecule has 1 heterocycles. The largest absolute Gasteiger partial charge is 0.515 e. The lowest BCUT2D eigenvalue weighted by atomic mass is 10.2. The minimum absolute atomic E-state index is 0.240. The van der Waals surface area contributed by atoms with Gasteiger partial charge < -0.3 is 5.11 Å². The highest BCUT2D eigenvalue weighted by molar-refractivity contribution is 7.14. The first-order valence-electron chi connectivity index (χ1n) is 2.83. The molecule has 11 heavy (non-hydrogen) atoms. The molecule has 1 aromatic heterocycles. The molecule has 0 spiro atoms. The van der Waals surface area contributed by atoms with Gasteiger partial charge in [0.1, 0.15) is 0 Å². The first-order chi connectivity index (χ1) is 5.24. The number of carbonyl (C=O) groups excluding carboxylic acids is 1. The number of aliphatic hydroxyl groups excluding tert-OH is 1. The van der Waals surface area contributed by atoms with Crippen molar-refractivity contribution in [3.63, 3.8) is 0 Å². The number of hydrogen-bond donors (Lipinski definition) is 1. The molecule has 0 fully saturated rings. The Labute approximate surface area is 72.7 Å². The van der Waals surface area contributed by atoms with Crippen LogP contribution in [0.3, 0.4) is 0 Å². The van der Waals surface area contributed by atoms with Crippen LogP contribution in [0.2, 0.25) is 4.34 Å². The van der Waals surface area contributed by atoms with Gasteiger partial charge in [-0.25, -0.2) is 0 Å². The predicted octanol–water partition coefficient (Wildman–Crippen LogP) is 2.66. The first kappa shape index (κ1) is 8.30. The van der Waals surface area contributed by atoms with E-state index < -0.39 is 0 Å². The number of aliphatic hydroxyl groups is 1. The number of carbonyl (C=O) groups is 1. The first-order valence-corrected chi connectivity index (χ1v) is 4.09. The summed E-state index contributed by atoms with van der Waals surface area (Å²) in [6.45, 7) is 0. The molecule has 0 aliphatic heterocycles. The summed E-state index contributed by atoms with van der Waals surface area (Å²) in [5.41, 5.74) is 0.505. The minimum Gasteiger partial charge on any atom is -0.515 e. The highest BCUT2D eigenvalue weighted by Gasteiger charge is 2.03. The van der Waals surface area contributed by atoms with E-state index in [1.807, 2.05) is 0 Å². The normalized spacial score (nSPS) is 10.6. The molecule has 1 N–H and O–H groups in total. The molecular formula is C7H5ClO2S. The zero-order chi connectivity index (χ0) is 8.27. The smallest absolute Gasteiger partial charge is 0.189 e. The Morgan fingerprint density at radius 2 is 2.45 bits per heavy atom. The Bertz CT molecular complexity index is 290. The number of allylic oxidation sites excluding steroid dienone is 1. The molecule has 0 bridgehead atoms. The summed E-state index contributed by atoms with van der Waals surface area (Å²) < 4.78 is 0.569. The molecule has 0 aliphatic carbocycles. The number of thiophene rings is 1. The van der Waals surface area contributed by atoms with Crippen LogP contribution < -0.4 is 0 Å². The van der Waals surface area contributed by atoms with Crippen LogP contribution in [-0.2, 0) is 0 Å². The molecule has 2 nitrogen and oxygen atoms in total. The van der Waals surface area contributed by atoms with Gasteiger partial charge in [0, 0.05) is 17.0 Å². The fraction of sp³-hybridized carbons (Fsp3) is 0. The van der Waals surface area contributed by atoms with Crippen LogP contribution in [-0.4, -0.2) is 10.9 Å². The van der Waals surface area contributed by atoms with Crippen LogP contribution in [0, 0.1) is 0 Å². The monoisotopic (exact) mass is 188 g/mol. The Balaban J connectivity index is 2.85. The SMILES string of the molecule is O=C(/C=C/O)c1csc(Cl)c1. The van der Waals surface area contributed by atoms with Crippen molar-refractivity contribution in [2.45, 2.75) is 0 Å². The van der Waals surface area contributed by atoms with E-state index in [1.165, 1.54) is 11.3 Å². The highest BCUT2D eigenvalue weighted by Crippen LogP contribution is 2.20. The standard InChI is InChI=1S/C7H5ClO2S/c8-7-3-5(4-11-7)6(10)1-2-9/h1-4,9H/b2-1+. The summed E-state index contributed by atoms with van der Waals surface area (Å²) in [5, 5.41) is 9.92. The number of hydrogen-bond acceptors (Lipinski definition) is 3. The van der Waals surface area contributed by atoms with Crippen molar-refractivity contribution in [3.05, 3.63) is 33.7 Å². The average Bonchev–Trinajstić information content (AvgIpc) is 2.36. The third kappa shape index (κ3) is 2.06. The Hall–Kier alpha value is -0.800. The van der Waals surface area contributed by atoms with E-state index in [-0.39, 0.29) is 5.78 Å². The Morgan fingerprint density at radius 1 is 1.73 bits per heavy atom. The van der Waals surface area contributed by atoms with Crippen molar-refractivity contribution in [1.82, 2.24) is 0 Å². The zero-order valence-electron chi connectivity index (χ0n) is 5.45. The molecule has 1 rings (SSSR count). The molecule has 0 aromatic carbocycles. The van der Waals surface area contributed by atoms with Gasteiger partial charge in [-0.15, -0.1) is 11.3 Å². The van der Waals surface area contributed by atoms with E-state index in [1.54, 1.807) is 11.4 Å². The molecule has 4 heteroatoms. The van der Waals surface area contributed by atoms with E-state index in [4.69, 9.17) is 16.7 Å². The summed E-state index contributed by atoms with van der Waals surface area (Å²) in [6.07, 6.45) is 1.80. The highest BCUT2D eigenvalue weighted by atomic mass is 35.5. The van der Waals surface area contributed by atoms with Crippen LogP contribution in [0.1, 0.15) is 10.4 Å². The van der Waals surface area contributed by atoms with Crippen LogP contribution in [0.5, 0.6) is 0 Å². The predicted molar refractivity (Wildman–Crippen MR) is 45.4 cm³/mol. The van der Waals surface area contributed by atoms with E-state index >= 15 is 0 Å². The van der Waals surface area contributed by atoms with Crippen molar-refractivity contribution >= 4 is 28.7 Å². The molecule has 0 unspecified atom stereocenters. The van der Waals surface area contributed by atoms with Crippen LogP contribution in [0.15, 0.2) is 23.8 Å². The molecule has 0 saturated carbocycles. The van der Waals surface area contributed by atoms with Crippen molar-refractivity contribution in [2.24, 2.45) is 0 Å². The third-order valence-electron chi connectivity index (χ3n) is 1.08. The third-order valence-corrected chi connectivity index (χ3v) is 2.17. The van der Waals surface area contributed by atoms with Crippen molar-refractivity contribution in [3.8, 4) is 0 Å². The zero-order valence-corrected chi connectivity index (χ0v) is 7.02. The van der Waals surface area contributed by atoms with Gasteiger partial charge in [-0.2, -0.15) is 0 Å². The maximum atomic E-state index is 11.0. The van der Waals surface area contributed by atoms with Crippen LogP contribution in [0.25, 0.3) is 0 Å². The van der Waals surface area contributed by atoms with Gasteiger partial charge in [0.2, 0.25) is 0 Å².